The molecule has 0 spiro atoms. The number of carbonyl (C=O) groups is 2. The van der Waals surface area contributed by atoms with Gasteiger partial charge in [0.1, 0.15) is 24.7 Å². The van der Waals surface area contributed by atoms with Crippen molar-refractivity contribution in [1.82, 2.24) is 0 Å². The molecule has 6 heteroatoms. The third-order valence-corrected chi connectivity index (χ3v) is 3.06. The lowest BCUT2D eigenvalue weighted by Crippen LogP contribution is -1.99. The molecule has 2 aromatic carbocycles. The zero-order valence-electron chi connectivity index (χ0n) is 12.7. The van der Waals surface area contributed by atoms with Crippen LogP contribution in [0.4, 0.5) is 0 Å². The Morgan fingerprint density at radius 2 is 1.04 bits per heavy atom. The molecule has 0 unspecified atom stereocenters. The number of rotatable bonds is 8. The Morgan fingerprint density at radius 3 is 1.33 bits per heavy atom. The summed E-state index contributed by atoms with van der Waals surface area (Å²) in [4.78, 5) is 21.4. The second-order valence-corrected chi connectivity index (χ2v) is 4.75. The number of ether oxygens (including phenoxy) is 2. The molecule has 0 atom stereocenters. The van der Waals surface area contributed by atoms with Crippen molar-refractivity contribution in [1.29, 1.82) is 0 Å². The van der Waals surface area contributed by atoms with Crippen LogP contribution in [0.5, 0.6) is 11.5 Å². The molecule has 2 N–H and O–H groups in total. The van der Waals surface area contributed by atoms with Gasteiger partial charge in [-0.15, -0.1) is 0 Å². The summed E-state index contributed by atoms with van der Waals surface area (Å²) in [5, 5.41) is 17.6. The van der Waals surface area contributed by atoms with Gasteiger partial charge in [0, 0.05) is 0 Å². The summed E-state index contributed by atoms with van der Waals surface area (Å²) in [6.45, 7) is 0.654. The maximum Gasteiger partial charge on any atom is 0.335 e. The topological polar surface area (TPSA) is 93.1 Å². The van der Waals surface area contributed by atoms with E-state index in [-0.39, 0.29) is 11.1 Å². The molecule has 124 valence electrons. The summed E-state index contributed by atoms with van der Waals surface area (Å²) in [7, 11) is 0. The number of carboxylic acids is 2. The second kappa shape index (κ2) is 8.38. The minimum atomic E-state index is -0.977. The summed E-state index contributed by atoms with van der Waals surface area (Å²) >= 11 is 0. The van der Waals surface area contributed by atoms with E-state index in [2.05, 4.69) is 0 Å². The average molecular weight is 328 g/mol. The molecule has 0 bridgehead atoms. The van der Waals surface area contributed by atoms with E-state index < -0.39 is 11.9 Å². The predicted molar refractivity (Wildman–Crippen MR) is 86.9 cm³/mol. The molecule has 0 fully saturated rings. The van der Waals surface area contributed by atoms with E-state index in [1.807, 2.05) is 0 Å². The molecular weight excluding hydrogens is 312 g/mol. The molecule has 2 aromatic rings. The highest BCUT2D eigenvalue weighted by Gasteiger charge is 2.02. The standard InChI is InChI=1S/C18H16O6/c19-17(20)13-3-7-15(8-4-13)23-11-1-2-12-24-16-9-5-14(6-10-16)18(21)22/h1-10H,11-12H2,(H,19,20)(H,21,22)/b2-1-. The lowest BCUT2D eigenvalue weighted by molar-refractivity contribution is 0.0686. The van der Waals surface area contributed by atoms with Crippen molar-refractivity contribution < 1.29 is 29.3 Å². The zero-order valence-corrected chi connectivity index (χ0v) is 12.7. The molecule has 0 saturated heterocycles. The van der Waals surface area contributed by atoms with Gasteiger partial charge in [0.25, 0.3) is 0 Å². The van der Waals surface area contributed by atoms with Crippen molar-refractivity contribution in [2.45, 2.75) is 0 Å². The normalized spacial score (nSPS) is 10.5. The van der Waals surface area contributed by atoms with Crippen molar-refractivity contribution in [2.75, 3.05) is 13.2 Å². The third-order valence-electron chi connectivity index (χ3n) is 3.06. The minimum absolute atomic E-state index is 0.209. The van der Waals surface area contributed by atoms with Gasteiger partial charge in [0.05, 0.1) is 11.1 Å². The SMILES string of the molecule is O=C(O)c1ccc(OC/C=C\COc2ccc(C(=O)O)cc2)cc1. The Hall–Kier alpha value is -3.28. The van der Waals surface area contributed by atoms with Crippen molar-refractivity contribution in [2.24, 2.45) is 0 Å². The van der Waals surface area contributed by atoms with E-state index in [9.17, 15) is 9.59 Å². The van der Waals surface area contributed by atoms with Crippen LogP contribution in [-0.2, 0) is 0 Å². The fourth-order valence-electron chi connectivity index (χ4n) is 1.81. The first kappa shape index (κ1) is 17.1. The monoisotopic (exact) mass is 328 g/mol. The smallest absolute Gasteiger partial charge is 0.335 e. The van der Waals surface area contributed by atoms with Gasteiger partial charge in [-0.1, -0.05) is 0 Å². The van der Waals surface area contributed by atoms with E-state index >= 15 is 0 Å². The summed E-state index contributed by atoms with van der Waals surface area (Å²) in [6, 6.07) is 12.3. The summed E-state index contributed by atoms with van der Waals surface area (Å²) in [6.07, 6.45) is 3.55. The van der Waals surface area contributed by atoms with Gasteiger partial charge in [-0.3, -0.25) is 0 Å². The van der Waals surface area contributed by atoms with Crippen LogP contribution in [0.3, 0.4) is 0 Å². The Labute approximate surface area is 138 Å². The second-order valence-electron chi connectivity index (χ2n) is 4.75. The Bertz CT molecular complexity index is 653. The Morgan fingerprint density at radius 1 is 0.708 bits per heavy atom. The number of aromatic carboxylic acids is 2. The van der Waals surface area contributed by atoms with Gasteiger partial charge >= 0.3 is 11.9 Å². The molecule has 2 rings (SSSR count). The van der Waals surface area contributed by atoms with Crippen LogP contribution < -0.4 is 9.47 Å². The number of hydrogen-bond acceptors (Lipinski definition) is 4. The van der Waals surface area contributed by atoms with E-state index in [0.29, 0.717) is 24.7 Å². The molecule has 0 aliphatic carbocycles. The first-order valence-corrected chi connectivity index (χ1v) is 7.13. The molecular formula is C18H16O6. The van der Waals surface area contributed by atoms with Gasteiger partial charge in [0.2, 0.25) is 0 Å². The Kier molecular flexibility index (Phi) is 5.96. The molecule has 0 aliphatic rings. The minimum Gasteiger partial charge on any atom is -0.490 e. The largest absolute Gasteiger partial charge is 0.490 e. The van der Waals surface area contributed by atoms with Crippen LogP contribution in [0.15, 0.2) is 60.7 Å². The van der Waals surface area contributed by atoms with Crippen molar-refractivity contribution in [3.05, 3.63) is 71.8 Å². The molecule has 0 aromatic heterocycles. The van der Waals surface area contributed by atoms with Crippen molar-refractivity contribution in [3.63, 3.8) is 0 Å². The maximum atomic E-state index is 10.7. The molecule has 0 heterocycles. The zero-order chi connectivity index (χ0) is 17.4. The van der Waals surface area contributed by atoms with Crippen LogP contribution in [0.2, 0.25) is 0 Å². The first-order valence-electron chi connectivity index (χ1n) is 7.13. The van der Waals surface area contributed by atoms with Gasteiger partial charge in [-0.25, -0.2) is 9.59 Å². The molecule has 24 heavy (non-hydrogen) atoms. The lowest BCUT2D eigenvalue weighted by Gasteiger charge is -2.04. The number of carboxylic acid groups (broad SMARTS) is 2. The predicted octanol–water partition coefficient (Wildman–Crippen LogP) is 3.10. The number of hydrogen-bond donors (Lipinski definition) is 2. The highest BCUT2D eigenvalue weighted by Crippen LogP contribution is 2.13. The Balaban J connectivity index is 1.71. The van der Waals surface area contributed by atoms with Gasteiger partial charge in [0.15, 0.2) is 0 Å². The van der Waals surface area contributed by atoms with Gasteiger partial charge < -0.3 is 19.7 Å². The van der Waals surface area contributed by atoms with E-state index in [1.165, 1.54) is 24.3 Å². The molecule has 0 radical (unpaired) electrons. The fraction of sp³-hybridized carbons (Fsp3) is 0.111. The fourth-order valence-corrected chi connectivity index (χ4v) is 1.81. The van der Waals surface area contributed by atoms with Crippen LogP contribution in [-0.4, -0.2) is 35.4 Å². The van der Waals surface area contributed by atoms with Crippen LogP contribution >= 0.6 is 0 Å². The highest BCUT2D eigenvalue weighted by molar-refractivity contribution is 5.88. The van der Waals surface area contributed by atoms with Crippen LogP contribution in [0.1, 0.15) is 20.7 Å². The van der Waals surface area contributed by atoms with E-state index in [0.717, 1.165) is 0 Å². The maximum absolute atomic E-state index is 10.7. The van der Waals surface area contributed by atoms with Gasteiger partial charge in [-0.2, -0.15) is 0 Å². The average Bonchev–Trinajstić information content (AvgIpc) is 2.58. The lowest BCUT2D eigenvalue weighted by atomic mass is 10.2. The molecule has 0 saturated carbocycles. The summed E-state index contributed by atoms with van der Waals surface area (Å²) in [5.41, 5.74) is 0.417. The van der Waals surface area contributed by atoms with Crippen molar-refractivity contribution in [3.8, 4) is 11.5 Å². The van der Waals surface area contributed by atoms with Crippen molar-refractivity contribution >= 4 is 11.9 Å². The first-order chi connectivity index (χ1) is 11.6. The van der Waals surface area contributed by atoms with Crippen LogP contribution in [0.25, 0.3) is 0 Å². The molecule has 0 amide bonds. The van der Waals surface area contributed by atoms with Gasteiger partial charge in [-0.05, 0) is 60.7 Å². The highest BCUT2D eigenvalue weighted by atomic mass is 16.5. The van der Waals surface area contributed by atoms with E-state index in [1.54, 1.807) is 36.4 Å². The van der Waals surface area contributed by atoms with E-state index in [4.69, 9.17) is 19.7 Å². The molecule has 0 aliphatic heterocycles. The summed E-state index contributed by atoms with van der Waals surface area (Å²) < 4.78 is 10.9. The number of benzene rings is 2. The quantitative estimate of drug-likeness (QED) is 0.723. The third kappa shape index (κ3) is 5.17. The van der Waals surface area contributed by atoms with Crippen LogP contribution in [0, 0.1) is 0 Å². The molecule has 6 nitrogen and oxygen atoms in total. The summed E-state index contributed by atoms with van der Waals surface area (Å²) in [5.74, 6) is -0.797.